The zero-order chi connectivity index (χ0) is 19.5. The fourth-order valence-electron chi connectivity index (χ4n) is 2.80. The van der Waals surface area contributed by atoms with Gasteiger partial charge in [-0.3, -0.25) is 4.52 Å². The van der Waals surface area contributed by atoms with Crippen LogP contribution in [0, 0.1) is 0 Å². The van der Waals surface area contributed by atoms with Gasteiger partial charge in [-0.2, -0.15) is 0 Å². The maximum absolute atomic E-state index is 11.3. The third-order valence-corrected chi connectivity index (χ3v) is 5.21. The lowest BCUT2D eigenvalue weighted by atomic mass is 10.1. The van der Waals surface area contributed by atoms with Crippen LogP contribution in [0.5, 0.6) is 0 Å². The molecule has 0 aliphatic carbocycles. The van der Waals surface area contributed by atoms with Crippen LogP contribution in [0.2, 0.25) is 0 Å². The zero-order valence-corrected chi connectivity index (χ0v) is 17.0. The Kier molecular flexibility index (Phi) is 11.5. The number of rotatable bonds is 14. The van der Waals surface area contributed by atoms with Crippen LogP contribution in [-0.2, 0) is 18.6 Å². The van der Waals surface area contributed by atoms with Gasteiger partial charge in [0, 0.05) is 5.57 Å². The fraction of sp³-hybridized carbons (Fsp3) is 0.824. The van der Waals surface area contributed by atoms with Crippen molar-refractivity contribution in [1.82, 2.24) is 0 Å². The van der Waals surface area contributed by atoms with Crippen LogP contribution in [0.15, 0.2) is 12.2 Å². The first-order valence-electron chi connectivity index (χ1n) is 9.00. The summed E-state index contributed by atoms with van der Waals surface area (Å²) in [7, 11) is -4.51. The maximum Gasteiger partial charge on any atom is 0.470 e. The molecule has 0 aliphatic heterocycles. The fourth-order valence-corrected chi connectivity index (χ4v) is 3.36. The normalized spacial score (nSPS) is 13.5. The number of ether oxygens (including phenoxy) is 1. The highest BCUT2D eigenvalue weighted by atomic mass is 31.2. The summed E-state index contributed by atoms with van der Waals surface area (Å²) in [5, 5.41) is 0. The zero-order valence-electron chi connectivity index (χ0n) is 16.1. The topological polar surface area (TPSA) is 93.1 Å². The number of nitrogens with zero attached hydrogens (tertiary/aromatic N) is 1. The molecule has 0 radical (unpaired) electrons. The molecule has 25 heavy (non-hydrogen) atoms. The number of hydrogen-bond donors (Lipinski definition) is 2. The van der Waals surface area contributed by atoms with Crippen LogP contribution in [0.1, 0.15) is 53.4 Å². The highest BCUT2D eigenvalue weighted by Crippen LogP contribution is 2.39. The lowest BCUT2D eigenvalue weighted by Gasteiger charge is -2.38. The number of likely N-dealkylation sites (N-methyl/N-ethyl adjacent to an activating group) is 1. The molecule has 8 heteroatoms. The van der Waals surface area contributed by atoms with Crippen molar-refractivity contribution in [1.29, 1.82) is 0 Å². The number of quaternary nitrogens is 1. The van der Waals surface area contributed by atoms with E-state index < -0.39 is 19.9 Å². The van der Waals surface area contributed by atoms with E-state index in [1.165, 1.54) is 0 Å². The average molecular weight is 380 g/mol. The second kappa shape index (κ2) is 11.8. The molecule has 0 fully saturated rings. The highest BCUT2D eigenvalue weighted by Gasteiger charge is 2.31. The van der Waals surface area contributed by atoms with Gasteiger partial charge in [-0.05, 0) is 47.0 Å². The molecule has 0 spiro atoms. The molecule has 0 saturated heterocycles. The molecule has 0 aliphatic rings. The van der Waals surface area contributed by atoms with E-state index >= 15 is 0 Å². The number of carbonyl (C=O) groups excluding carboxylic acids is 1. The van der Waals surface area contributed by atoms with Crippen molar-refractivity contribution in [3.63, 3.8) is 0 Å². The van der Waals surface area contributed by atoms with Gasteiger partial charge in [-0.15, -0.1) is 0 Å². The SMILES string of the molecule is C=C(C)C(=O)OCCCCCC(C[N+](CC)(CC)CC)OP(=O)(O)O. The van der Waals surface area contributed by atoms with E-state index in [0.717, 1.165) is 37.0 Å². The van der Waals surface area contributed by atoms with E-state index in [0.29, 0.717) is 31.6 Å². The predicted molar refractivity (Wildman–Crippen MR) is 97.9 cm³/mol. The number of phosphoric acid groups is 1. The van der Waals surface area contributed by atoms with Crippen LogP contribution >= 0.6 is 7.82 Å². The van der Waals surface area contributed by atoms with Crippen LogP contribution in [-0.4, -0.2) is 59.1 Å². The molecular formula is C17H35NO6P+. The Morgan fingerprint density at radius 3 is 2.12 bits per heavy atom. The lowest BCUT2D eigenvalue weighted by Crippen LogP contribution is -2.52. The molecule has 0 bridgehead atoms. The number of phosphoric ester groups is 1. The van der Waals surface area contributed by atoms with Gasteiger partial charge in [0.1, 0.15) is 12.6 Å². The van der Waals surface area contributed by atoms with E-state index in [2.05, 4.69) is 27.4 Å². The molecule has 1 atom stereocenters. The monoisotopic (exact) mass is 380 g/mol. The van der Waals surface area contributed by atoms with Crippen molar-refractivity contribution in [2.75, 3.05) is 32.8 Å². The van der Waals surface area contributed by atoms with Gasteiger partial charge < -0.3 is 19.0 Å². The number of esters is 1. The Bertz CT molecular complexity index is 450. The minimum atomic E-state index is -4.51. The number of carbonyl (C=O) groups is 1. The summed E-state index contributed by atoms with van der Waals surface area (Å²) in [6.45, 7) is 15.0. The van der Waals surface area contributed by atoms with E-state index in [4.69, 9.17) is 9.26 Å². The first-order valence-corrected chi connectivity index (χ1v) is 10.5. The summed E-state index contributed by atoms with van der Waals surface area (Å²) in [5.74, 6) is -0.390. The number of unbranched alkanes of at least 4 members (excludes halogenated alkanes) is 2. The second-order valence-corrected chi connectivity index (χ2v) is 7.65. The van der Waals surface area contributed by atoms with Gasteiger partial charge in [-0.1, -0.05) is 13.0 Å². The summed E-state index contributed by atoms with van der Waals surface area (Å²) in [6, 6.07) is 0. The van der Waals surface area contributed by atoms with Crippen LogP contribution < -0.4 is 0 Å². The van der Waals surface area contributed by atoms with Crippen molar-refractivity contribution in [3.05, 3.63) is 12.2 Å². The van der Waals surface area contributed by atoms with Gasteiger partial charge in [0.15, 0.2) is 0 Å². The molecule has 7 nitrogen and oxygen atoms in total. The van der Waals surface area contributed by atoms with Gasteiger partial charge in [0.25, 0.3) is 0 Å². The molecule has 0 saturated carbocycles. The van der Waals surface area contributed by atoms with Crippen LogP contribution in [0.4, 0.5) is 0 Å². The minimum Gasteiger partial charge on any atom is -0.462 e. The standard InChI is InChI=1S/C17H34NO6P/c1-6-18(7-2,8-3)14-16(24-25(20,21)22)12-10-9-11-13-23-17(19)15(4)5/h16H,4,6-14H2,1-3,5H3,(H-,20,21,22)/p+1. The molecule has 0 heterocycles. The van der Waals surface area contributed by atoms with E-state index in [9.17, 15) is 19.1 Å². The molecule has 148 valence electrons. The first-order chi connectivity index (χ1) is 11.6. The predicted octanol–water partition coefficient (Wildman–Crippen LogP) is 3.02. The van der Waals surface area contributed by atoms with Gasteiger partial charge in [-0.25, -0.2) is 9.36 Å². The van der Waals surface area contributed by atoms with Gasteiger partial charge in [0.2, 0.25) is 0 Å². The van der Waals surface area contributed by atoms with E-state index in [-0.39, 0.29) is 0 Å². The molecule has 1 unspecified atom stereocenters. The molecule has 2 N–H and O–H groups in total. The lowest BCUT2D eigenvalue weighted by molar-refractivity contribution is -0.925. The van der Waals surface area contributed by atoms with Crippen molar-refractivity contribution < 1.29 is 32.9 Å². The summed E-state index contributed by atoms with van der Waals surface area (Å²) < 4.78 is 22.1. The summed E-state index contributed by atoms with van der Waals surface area (Å²) in [4.78, 5) is 29.6. The summed E-state index contributed by atoms with van der Waals surface area (Å²) >= 11 is 0. The minimum absolute atomic E-state index is 0.328. The van der Waals surface area contributed by atoms with Crippen molar-refractivity contribution in [3.8, 4) is 0 Å². The molecular weight excluding hydrogens is 345 g/mol. The Morgan fingerprint density at radius 1 is 1.12 bits per heavy atom. The van der Waals surface area contributed by atoms with Gasteiger partial charge >= 0.3 is 13.8 Å². The first kappa shape index (κ1) is 24.3. The van der Waals surface area contributed by atoms with Crippen molar-refractivity contribution in [2.24, 2.45) is 0 Å². The van der Waals surface area contributed by atoms with Crippen LogP contribution in [0.25, 0.3) is 0 Å². The summed E-state index contributed by atoms with van der Waals surface area (Å²) in [5.41, 5.74) is 0.378. The maximum atomic E-state index is 11.3. The van der Waals surface area contributed by atoms with Crippen LogP contribution in [0.3, 0.4) is 0 Å². The molecule has 0 amide bonds. The molecule has 0 aromatic carbocycles. The number of hydrogen-bond acceptors (Lipinski definition) is 4. The Balaban J connectivity index is 4.44. The van der Waals surface area contributed by atoms with Crippen molar-refractivity contribution >= 4 is 13.8 Å². The third-order valence-electron chi connectivity index (χ3n) is 4.64. The molecule has 0 aromatic heterocycles. The van der Waals surface area contributed by atoms with E-state index in [1.807, 2.05) is 0 Å². The quantitative estimate of drug-likeness (QED) is 0.158. The Labute approximate surface area is 151 Å². The summed E-state index contributed by atoms with van der Waals surface area (Å²) in [6.07, 6.45) is 2.34. The third kappa shape index (κ3) is 10.8. The average Bonchev–Trinajstić information content (AvgIpc) is 2.53. The van der Waals surface area contributed by atoms with Crippen molar-refractivity contribution in [2.45, 2.75) is 59.5 Å². The molecule has 0 rings (SSSR count). The largest absolute Gasteiger partial charge is 0.470 e. The smallest absolute Gasteiger partial charge is 0.462 e. The second-order valence-electron chi connectivity index (χ2n) is 6.46. The highest BCUT2D eigenvalue weighted by molar-refractivity contribution is 7.46. The Hall–Kier alpha value is -0.720. The van der Waals surface area contributed by atoms with Gasteiger partial charge in [0.05, 0.1) is 26.2 Å². The molecule has 0 aromatic rings. The Morgan fingerprint density at radius 2 is 1.68 bits per heavy atom. The van der Waals surface area contributed by atoms with E-state index in [1.54, 1.807) is 6.92 Å².